The maximum Gasteiger partial charge on any atom is 0.216 e. The fourth-order valence-corrected chi connectivity index (χ4v) is 3.19. The molecule has 26 heavy (non-hydrogen) atoms. The van der Waals surface area contributed by atoms with Crippen LogP contribution in [-0.4, -0.2) is 111 Å². The molecule has 2 fully saturated rings. The van der Waals surface area contributed by atoms with Crippen molar-refractivity contribution in [3.8, 4) is 0 Å². The SMILES string of the molecule is OCC(O)C1OC2OC2C(O[C@@H]2OC(CO)[C@@H](O)C(CO)C=C2O)C1O. The Morgan fingerprint density at radius 2 is 1.77 bits per heavy atom. The average molecular weight is 380 g/mol. The number of fused-ring (bicyclic) bond motifs is 1. The highest BCUT2D eigenvalue weighted by Gasteiger charge is 2.59. The van der Waals surface area contributed by atoms with E-state index < -0.39 is 86.8 Å². The Balaban J connectivity index is 1.76. The van der Waals surface area contributed by atoms with Crippen molar-refractivity contribution in [2.75, 3.05) is 19.8 Å². The third-order valence-corrected chi connectivity index (χ3v) is 4.75. The summed E-state index contributed by atoms with van der Waals surface area (Å²) in [5, 5.41) is 68.2. The number of hydrogen-bond acceptors (Lipinski definition) is 11. The summed E-state index contributed by atoms with van der Waals surface area (Å²) in [6, 6.07) is 0. The third kappa shape index (κ3) is 3.73. The van der Waals surface area contributed by atoms with Crippen molar-refractivity contribution < 1.29 is 54.7 Å². The van der Waals surface area contributed by atoms with Crippen LogP contribution < -0.4 is 0 Å². The summed E-state index contributed by atoms with van der Waals surface area (Å²) in [7, 11) is 0. The Bertz CT molecular complexity index is 514. The van der Waals surface area contributed by atoms with E-state index in [1.165, 1.54) is 0 Å². The normalized spacial score (nSPS) is 46.8. The zero-order valence-corrected chi connectivity index (χ0v) is 13.7. The van der Waals surface area contributed by atoms with Gasteiger partial charge in [0.15, 0.2) is 6.29 Å². The zero-order chi connectivity index (χ0) is 19.0. The van der Waals surface area contributed by atoms with E-state index in [9.17, 15) is 30.6 Å². The first kappa shape index (κ1) is 19.9. The molecule has 0 aliphatic carbocycles. The van der Waals surface area contributed by atoms with Gasteiger partial charge in [-0.05, 0) is 6.08 Å². The maximum atomic E-state index is 10.4. The second-order valence-electron chi connectivity index (χ2n) is 6.53. The molecule has 0 saturated carbocycles. The van der Waals surface area contributed by atoms with Gasteiger partial charge in [-0.3, -0.25) is 0 Å². The highest BCUT2D eigenvalue weighted by atomic mass is 16.8. The topological polar surface area (TPSA) is 182 Å². The van der Waals surface area contributed by atoms with Crippen LogP contribution in [0.1, 0.15) is 0 Å². The van der Waals surface area contributed by atoms with Gasteiger partial charge < -0.3 is 54.7 Å². The minimum absolute atomic E-state index is 0.450. The van der Waals surface area contributed by atoms with Crippen LogP contribution in [0.5, 0.6) is 0 Å². The number of aliphatic hydroxyl groups is 7. The predicted octanol–water partition coefficient (Wildman–Crippen LogP) is -3.66. The first-order chi connectivity index (χ1) is 12.4. The molecule has 3 aliphatic heterocycles. The third-order valence-electron chi connectivity index (χ3n) is 4.75. The molecule has 0 aromatic carbocycles. The molecule has 11 nitrogen and oxygen atoms in total. The van der Waals surface area contributed by atoms with Crippen LogP contribution in [0, 0.1) is 5.92 Å². The molecule has 11 heteroatoms. The molecule has 0 aromatic rings. The van der Waals surface area contributed by atoms with Gasteiger partial charge in [0, 0.05) is 5.92 Å². The summed E-state index contributed by atoms with van der Waals surface area (Å²) in [5.74, 6) is -1.33. The van der Waals surface area contributed by atoms with Gasteiger partial charge >= 0.3 is 0 Å². The van der Waals surface area contributed by atoms with Gasteiger partial charge in [-0.15, -0.1) is 0 Å². The Morgan fingerprint density at radius 1 is 1.04 bits per heavy atom. The molecule has 0 aromatic heterocycles. The van der Waals surface area contributed by atoms with Gasteiger partial charge in [-0.25, -0.2) is 0 Å². The van der Waals surface area contributed by atoms with Gasteiger partial charge in [0.1, 0.15) is 42.4 Å². The molecule has 0 bridgehead atoms. The van der Waals surface area contributed by atoms with E-state index in [1.54, 1.807) is 0 Å². The Kier molecular flexibility index (Phi) is 6.14. The first-order valence-electron chi connectivity index (χ1n) is 8.30. The van der Waals surface area contributed by atoms with Gasteiger partial charge in [-0.2, -0.15) is 0 Å². The lowest BCUT2D eigenvalue weighted by atomic mass is 9.98. The molecular formula is C15H24O11. The highest BCUT2D eigenvalue weighted by molar-refractivity contribution is 5.07. The molecule has 7 N–H and O–H groups in total. The molecule has 0 radical (unpaired) electrons. The number of epoxide rings is 1. The van der Waals surface area contributed by atoms with Gasteiger partial charge in [0.25, 0.3) is 0 Å². The molecule has 0 amide bonds. The minimum Gasteiger partial charge on any atom is -0.507 e. The van der Waals surface area contributed by atoms with Crippen molar-refractivity contribution in [3.63, 3.8) is 0 Å². The summed E-state index contributed by atoms with van der Waals surface area (Å²) >= 11 is 0. The van der Waals surface area contributed by atoms with Gasteiger partial charge in [-0.1, -0.05) is 0 Å². The number of rotatable bonds is 6. The summed E-state index contributed by atoms with van der Waals surface area (Å²) in [5.41, 5.74) is 0. The standard InChI is InChI=1S/C15H24O11/c16-2-5-1-6(19)14(23-8(4-18)9(5)21)25-12-10(22)11(7(20)3-17)24-15-13(12)26-15/h1,5,7-22H,2-4H2/t5?,7?,8?,9-,10?,11?,12?,13?,14-,15?/m0/s1. The number of aliphatic hydroxyl groups excluding tert-OH is 7. The van der Waals surface area contributed by atoms with Crippen molar-refractivity contribution in [2.24, 2.45) is 5.92 Å². The molecule has 8 unspecified atom stereocenters. The highest BCUT2D eigenvalue weighted by Crippen LogP contribution is 2.39. The summed E-state index contributed by atoms with van der Waals surface area (Å²) < 4.78 is 21.5. The largest absolute Gasteiger partial charge is 0.507 e. The number of ether oxygens (including phenoxy) is 4. The predicted molar refractivity (Wildman–Crippen MR) is 80.5 cm³/mol. The van der Waals surface area contributed by atoms with Crippen molar-refractivity contribution >= 4 is 0 Å². The van der Waals surface area contributed by atoms with Crippen LogP contribution >= 0.6 is 0 Å². The second kappa shape index (κ2) is 8.02. The molecule has 3 heterocycles. The van der Waals surface area contributed by atoms with E-state index in [4.69, 9.17) is 24.1 Å². The van der Waals surface area contributed by atoms with Crippen LogP contribution in [0.25, 0.3) is 0 Å². The molecule has 10 atom stereocenters. The fourth-order valence-electron chi connectivity index (χ4n) is 3.19. The molecular weight excluding hydrogens is 356 g/mol. The lowest BCUT2D eigenvalue weighted by molar-refractivity contribution is -0.250. The quantitative estimate of drug-likeness (QED) is 0.226. The fraction of sp³-hybridized carbons (Fsp3) is 0.867. The summed E-state index contributed by atoms with van der Waals surface area (Å²) in [6.07, 6.45) is -9.14. The summed E-state index contributed by atoms with van der Waals surface area (Å²) in [4.78, 5) is 0. The molecule has 3 aliphatic rings. The van der Waals surface area contributed by atoms with E-state index in [-0.39, 0.29) is 0 Å². The van der Waals surface area contributed by atoms with Gasteiger partial charge in [0.05, 0.1) is 25.9 Å². The van der Waals surface area contributed by atoms with Crippen LogP contribution in [0.3, 0.4) is 0 Å². The molecule has 2 saturated heterocycles. The van der Waals surface area contributed by atoms with Crippen LogP contribution in [-0.2, 0) is 18.9 Å². The Hall–Kier alpha value is -0.860. The average Bonchev–Trinajstić information content (AvgIpc) is 3.42. The lowest BCUT2D eigenvalue weighted by Gasteiger charge is -2.36. The second-order valence-corrected chi connectivity index (χ2v) is 6.53. The monoisotopic (exact) mass is 380 g/mol. The maximum absolute atomic E-state index is 10.4. The molecule has 150 valence electrons. The molecule has 0 spiro atoms. The smallest absolute Gasteiger partial charge is 0.216 e. The van der Waals surface area contributed by atoms with E-state index in [0.29, 0.717) is 0 Å². The van der Waals surface area contributed by atoms with Crippen molar-refractivity contribution in [2.45, 2.75) is 55.3 Å². The summed E-state index contributed by atoms with van der Waals surface area (Å²) in [6.45, 7) is -1.73. The van der Waals surface area contributed by atoms with E-state index in [0.717, 1.165) is 6.08 Å². The Labute approximate surface area is 148 Å². The molecule has 3 rings (SSSR count). The van der Waals surface area contributed by atoms with Crippen molar-refractivity contribution in [1.82, 2.24) is 0 Å². The lowest BCUT2D eigenvalue weighted by Crippen LogP contribution is -2.55. The van der Waals surface area contributed by atoms with E-state index >= 15 is 0 Å². The first-order valence-corrected chi connectivity index (χ1v) is 8.30. The number of hydrogen-bond donors (Lipinski definition) is 7. The van der Waals surface area contributed by atoms with E-state index in [2.05, 4.69) is 0 Å². The van der Waals surface area contributed by atoms with Crippen LogP contribution in [0.15, 0.2) is 11.8 Å². The van der Waals surface area contributed by atoms with Crippen LogP contribution in [0.2, 0.25) is 0 Å². The minimum atomic E-state index is -1.45. The van der Waals surface area contributed by atoms with Crippen molar-refractivity contribution in [1.29, 1.82) is 0 Å². The van der Waals surface area contributed by atoms with Gasteiger partial charge in [0.2, 0.25) is 6.29 Å². The Morgan fingerprint density at radius 3 is 2.38 bits per heavy atom. The van der Waals surface area contributed by atoms with Crippen LogP contribution in [0.4, 0.5) is 0 Å². The van der Waals surface area contributed by atoms with E-state index in [1.807, 2.05) is 0 Å². The van der Waals surface area contributed by atoms with Crippen molar-refractivity contribution in [3.05, 3.63) is 11.8 Å². The zero-order valence-electron chi connectivity index (χ0n) is 13.7.